The van der Waals surface area contributed by atoms with Crippen molar-refractivity contribution < 1.29 is 14.3 Å². The molecular formula is C16H18N2O3. The number of nitrogens with one attached hydrogen (secondary N) is 2. The van der Waals surface area contributed by atoms with Crippen molar-refractivity contribution in [3.8, 4) is 0 Å². The second kappa shape index (κ2) is 4.62. The van der Waals surface area contributed by atoms with Crippen LogP contribution >= 0.6 is 0 Å². The van der Waals surface area contributed by atoms with Crippen molar-refractivity contribution in [3.05, 3.63) is 46.7 Å². The van der Waals surface area contributed by atoms with E-state index in [9.17, 15) is 9.59 Å². The van der Waals surface area contributed by atoms with E-state index in [1.54, 1.807) is 0 Å². The number of carbonyl (C=O) groups excluding carboxylic acids is 2. The summed E-state index contributed by atoms with van der Waals surface area (Å²) in [6.07, 6.45) is 0. The SMILES string of the molecule is CC(C)(C)c1ccc([C@H]2NC(=O)NC3=C2C(=O)OC3)cc1. The van der Waals surface area contributed by atoms with Gasteiger partial charge >= 0.3 is 12.0 Å². The Balaban J connectivity index is 1.97. The monoisotopic (exact) mass is 286 g/mol. The lowest BCUT2D eigenvalue weighted by Gasteiger charge is -2.26. The Bertz CT molecular complexity index is 638. The highest BCUT2D eigenvalue weighted by atomic mass is 16.5. The summed E-state index contributed by atoms with van der Waals surface area (Å²) in [4.78, 5) is 23.6. The number of ether oxygens (including phenoxy) is 1. The van der Waals surface area contributed by atoms with Crippen molar-refractivity contribution in [2.24, 2.45) is 0 Å². The number of rotatable bonds is 1. The maximum Gasteiger partial charge on any atom is 0.338 e. The van der Waals surface area contributed by atoms with Crippen LogP contribution in [0.5, 0.6) is 0 Å². The minimum Gasteiger partial charge on any atom is -0.456 e. The van der Waals surface area contributed by atoms with Gasteiger partial charge in [0.1, 0.15) is 6.61 Å². The summed E-state index contributed by atoms with van der Waals surface area (Å²) in [7, 11) is 0. The molecule has 3 rings (SSSR count). The topological polar surface area (TPSA) is 67.4 Å². The summed E-state index contributed by atoms with van der Waals surface area (Å²) in [5, 5.41) is 5.41. The summed E-state index contributed by atoms with van der Waals surface area (Å²) >= 11 is 0. The number of hydrogen-bond acceptors (Lipinski definition) is 3. The summed E-state index contributed by atoms with van der Waals surface area (Å²) < 4.78 is 5.01. The van der Waals surface area contributed by atoms with E-state index < -0.39 is 6.04 Å². The predicted octanol–water partition coefficient (Wildman–Crippen LogP) is 2.15. The molecule has 0 unspecified atom stereocenters. The van der Waals surface area contributed by atoms with Crippen LogP contribution in [0.3, 0.4) is 0 Å². The second-order valence-electron chi connectivity index (χ2n) is 6.37. The van der Waals surface area contributed by atoms with Gasteiger partial charge < -0.3 is 15.4 Å². The number of carbonyl (C=O) groups is 2. The van der Waals surface area contributed by atoms with E-state index in [0.717, 1.165) is 5.56 Å². The molecule has 2 heterocycles. The number of esters is 1. The molecule has 2 amide bonds. The molecule has 0 spiro atoms. The molecule has 1 aromatic carbocycles. The Labute approximate surface area is 123 Å². The van der Waals surface area contributed by atoms with Gasteiger partial charge in [-0.15, -0.1) is 0 Å². The van der Waals surface area contributed by atoms with Crippen LogP contribution in [-0.4, -0.2) is 18.6 Å². The first-order chi connectivity index (χ1) is 9.86. The Kier molecular flexibility index (Phi) is 3.01. The minimum absolute atomic E-state index is 0.0621. The average molecular weight is 286 g/mol. The number of hydrogen-bond donors (Lipinski definition) is 2. The molecule has 0 aromatic heterocycles. The molecule has 0 aliphatic carbocycles. The van der Waals surface area contributed by atoms with Crippen molar-refractivity contribution in [1.29, 1.82) is 0 Å². The van der Waals surface area contributed by atoms with Gasteiger partial charge in [0.15, 0.2) is 0 Å². The zero-order chi connectivity index (χ0) is 15.2. The van der Waals surface area contributed by atoms with Gasteiger partial charge in [0.2, 0.25) is 0 Å². The number of urea groups is 1. The Morgan fingerprint density at radius 3 is 2.43 bits per heavy atom. The van der Waals surface area contributed by atoms with Gasteiger partial charge in [0, 0.05) is 0 Å². The average Bonchev–Trinajstić information content (AvgIpc) is 2.78. The van der Waals surface area contributed by atoms with Crippen LogP contribution in [0.1, 0.15) is 37.9 Å². The molecule has 0 radical (unpaired) electrons. The molecule has 2 N–H and O–H groups in total. The highest BCUT2D eigenvalue weighted by Gasteiger charge is 2.37. The van der Waals surface area contributed by atoms with Gasteiger partial charge in [-0.05, 0) is 16.5 Å². The van der Waals surface area contributed by atoms with Crippen LogP contribution < -0.4 is 10.6 Å². The van der Waals surface area contributed by atoms with E-state index in [-0.39, 0.29) is 24.0 Å². The third-order valence-corrected chi connectivity index (χ3v) is 3.83. The van der Waals surface area contributed by atoms with Crippen LogP contribution in [0.25, 0.3) is 0 Å². The molecule has 0 fully saturated rings. The van der Waals surface area contributed by atoms with E-state index in [0.29, 0.717) is 11.3 Å². The van der Waals surface area contributed by atoms with E-state index in [2.05, 4.69) is 31.4 Å². The standard InChI is InChI=1S/C16H18N2O3/c1-16(2,3)10-6-4-9(5-7-10)13-12-11(8-21-14(12)19)17-15(20)18-13/h4-7,13H,8H2,1-3H3,(H2,17,18,20)/t13-/m1/s1. The fourth-order valence-corrected chi connectivity index (χ4v) is 2.61. The zero-order valence-electron chi connectivity index (χ0n) is 12.3. The van der Waals surface area contributed by atoms with E-state index in [4.69, 9.17) is 4.74 Å². The first kappa shape index (κ1) is 13.7. The Morgan fingerprint density at radius 1 is 1.14 bits per heavy atom. The minimum atomic E-state index is -0.447. The molecule has 5 nitrogen and oxygen atoms in total. The molecule has 0 bridgehead atoms. The molecule has 21 heavy (non-hydrogen) atoms. The third kappa shape index (κ3) is 2.39. The Morgan fingerprint density at radius 2 is 1.81 bits per heavy atom. The quantitative estimate of drug-likeness (QED) is 0.777. The lowest BCUT2D eigenvalue weighted by molar-refractivity contribution is -0.136. The highest BCUT2D eigenvalue weighted by molar-refractivity contribution is 5.97. The van der Waals surface area contributed by atoms with Crippen molar-refractivity contribution in [3.63, 3.8) is 0 Å². The van der Waals surface area contributed by atoms with Gasteiger partial charge in [0.05, 0.1) is 17.3 Å². The van der Waals surface area contributed by atoms with Gasteiger partial charge in [0.25, 0.3) is 0 Å². The smallest absolute Gasteiger partial charge is 0.338 e. The van der Waals surface area contributed by atoms with E-state index in [1.165, 1.54) is 5.56 Å². The van der Waals surface area contributed by atoms with Gasteiger partial charge in [-0.3, -0.25) is 0 Å². The first-order valence-electron chi connectivity index (χ1n) is 6.94. The summed E-state index contributed by atoms with van der Waals surface area (Å²) in [5.74, 6) is -0.373. The molecule has 2 aliphatic heterocycles. The predicted molar refractivity (Wildman–Crippen MR) is 77.5 cm³/mol. The molecule has 1 aromatic rings. The molecule has 0 saturated heterocycles. The van der Waals surface area contributed by atoms with Crippen LogP contribution in [0.4, 0.5) is 4.79 Å². The molecule has 1 atom stereocenters. The van der Waals surface area contributed by atoms with E-state index in [1.807, 2.05) is 24.3 Å². The molecule has 2 aliphatic rings. The maximum absolute atomic E-state index is 11.9. The lowest BCUT2D eigenvalue weighted by Crippen LogP contribution is -2.44. The lowest BCUT2D eigenvalue weighted by atomic mass is 9.85. The van der Waals surface area contributed by atoms with Crippen molar-refractivity contribution in [2.45, 2.75) is 32.2 Å². The third-order valence-electron chi connectivity index (χ3n) is 3.83. The van der Waals surface area contributed by atoms with Gasteiger partial charge in [-0.2, -0.15) is 0 Å². The molecule has 0 saturated carbocycles. The highest BCUT2D eigenvalue weighted by Crippen LogP contribution is 2.32. The number of cyclic esters (lactones) is 1. The van der Waals surface area contributed by atoms with Crippen molar-refractivity contribution in [1.82, 2.24) is 10.6 Å². The summed E-state index contributed by atoms with van der Waals surface area (Å²) in [6.45, 7) is 6.56. The Hall–Kier alpha value is -2.30. The summed E-state index contributed by atoms with van der Waals surface area (Å²) in [5.41, 5.74) is 3.21. The fourth-order valence-electron chi connectivity index (χ4n) is 2.61. The van der Waals surface area contributed by atoms with Gasteiger partial charge in [-0.1, -0.05) is 45.0 Å². The first-order valence-corrected chi connectivity index (χ1v) is 6.94. The van der Waals surface area contributed by atoms with Crippen LogP contribution in [0.2, 0.25) is 0 Å². The zero-order valence-corrected chi connectivity index (χ0v) is 12.3. The van der Waals surface area contributed by atoms with Gasteiger partial charge in [-0.25, -0.2) is 9.59 Å². The van der Waals surface area contributed by atoms with Crippen molar-refractivity contribution >= 4 is 12.0 Å². The maximum atomic E-state index is 11.9. The molecule has 5 heteroatoms. The van der Waals surface area contributed by atoms with E-state index >= 15 is 0 Å². The normalized spacial score (nSPS) is 21.6. The number of benzene rings is 1. The fraction of sp³-hybridized carbons (Fsp3) is 0.375. The van der Waals surface area contributed by atoms with Crippen LogP contribution in [0.15, 0.2) is 35.5 Å². The van der Waals surface area contributed by atoms with Crippen molar-refractivity contribution in [2.75, 3.05) is 6.61 Å². The number of amides is 2. The molecule has 110 valence electrons. The summed E-state index contributed by atoms with van der Waals surface area (Å²) in [6, 6.07) is 7.21. The van der Waals surface area contributed by atoms with Crippen LogP contribution in [-0.2, 0) is 14.9 Å². The second-order valence-corrected chi connectivity index (χ2v) is 6.37. The van der Waals surface area contributed by atoms with Crippen LogP contribution in [0, 0.1) is 0 Å². The molecular weight excluding hydrogens is 268 g/mol. The largest absolute Gasteiger partial charge is 0.456 e.